The lowest BCUT2D eigenvalue weighted by Gasteiger charge is -2.26. The highest BCUT2D eigenvalue weighted by atomic mass is 32.2. The smallest absolute Gasteiger partial charge is 0.301 e. The van der Waals surface area contributed by atoms with Crippen LogP contribution in [0.4, 0.5) is 0 Å². The lowest BCUT2D eigenvalue weighted by Crippen LogP contribution is -2.35. The first-order chi connectivity index (χ1) is 6.10. The molecule has 0 aromatic rings. The molecule has 0 spiro atoms. The number of aliphatic hydroxyl groups excluding tert-OH is 3. The van der Waals surface area contributed by atoms with E-state index in [1.165, 1.54) is 0 Å². The largest absolute Gasteiger partial charge is 0.396 e. The predicted octanol–water partition coefficient (Wildman–Crippen LogP) is -1.51. The van der Waals surface area contributed by atoms with E-state index in [0.717, 1.165) is 0 Å². The minimum atomic E-state index is -2.35. The van der Waals surface area contributed by atoms with Crippen molar-refractivity contribution < 1.29 is 28.3 Å². The van der Waals surface area contributed by atoms with Gasteiger partial charge in [0.25, 0.3) is 0 Å². The van der Waals surface area contributed by atoms with Crippen LogP contribution in [0.3, 0.4) is 0 Å². The van der Waals surface area contributed by atoms with Crippen LogP contribution in [-0.2, 0) is 15.5 Å². The van der Waals surface area contributed by atoms with Gasteiger partial charge in [-0.25, -0.2) is 0 Å². The zero-order valence-corrected chi connectivity index (χ0v) is 7.87. The van der Waals surface area contributed by atoms with Crippen LogP contribution in [-0.4, -0.2) is 50.5 Å². The van der Waals surface area contributed by atoms with E-state index in [9.17, 15) is 4.21 Å². The van der Waals surface area contributed by atoms with Crippen LogP contribution in [0, 0.1) is 5.41 Å². The first kappa shape index (κ1) is 12.9. The van der Waals surface area contributed by atoms with E-state index in [4.69, 9.17) is 19.9 Å². The van der Waals surface area contributed by atoms with Crippen molar-refractivity contribution >= 4 is 11.4 Å². The molecule has 0 heterocycles. The molecule has 4 N–H and O–H groups in total. The molecule has 0 saturated carbocycles. The normalized spacial score (nSPS) is 14.5. The van der Waals surface area contributed by atoms with Gasteiger partial charge in [0, 0.05) is 5.41 Å². The van der Waals surface area contributed by atoms with Gasteiger partial charge >= 0.3 is 11.4 Å². The fraction of sp³-hybridized carbons (Fsp3) is 1.00. The van der Waals surface area contributed by atoms with Gasteiger partial charge in [-0.15, -0.1) is 0 Å². The van der Waals surface area contributed by atoms with Crippen molar-refractivity contribution in [3.8, 4) is 0 Å². The molecule has 1 unspecified atom stereocenters. The first-order valence-corrected chi connectivity index (χ1v) is 4.70. The lowest BCUT2D eigenvalue weighted by atomic mass is 9.88. The van der Waals surface area contributed by atoms with Gasteiger partial charge in [0.1, 0.15) is 0 Å². The Hall–Kier alpha value is -0.0500. The molecule has 0 saturated heterocycles. The molecule has 1 atom stereocenters. The summed E-state index contributed by atoms with van der Waals surface area (Å²) in [5, 5.41) is 26.5. The highest BCUT2D eigenvalue weighted by Crippen LogP contribution is 2.19. The summed E-state index contributed by atoms with van der Waals surface area (Å²) in [6, 6.07) is 0. The Bertz CT molecular complexity index is 149. The molecule has 0 aliphatic rings. The molecular weight excluding hydrogens is 200 g/mol. The van der Waals surface area contributed by atoms with E-state index in [1.807, 2.05) is 0 Å². The summed E-state index contributed by atoms with van der Waals surface area (Å²) in [5.41, 5.74) is -1.04. The van der Waals surface area contributed by atoms with Gasteiger partial charge in [0.2, 0.25) is 0 Å². The first-order valence-electron chi connectivity index (χ1n) is 3.67. The van der Waals surface area contributed by atoms with Gasteiger partial charge in [0.05, 0.1) is 26.4 Å². The molecule has 0 aliphatic carbocycles. The van der Waals surface area contributed by atoms with Crippen molar-refractivity contribution in [3.05, 3.63) is 0 Å². The van der Waals surface area contributed by atoms with Crippen LogP contribution in [0.5, 0.6) is 0 Å². The molecule has 0 rings (SSSR count). The van der Waals surface area contributed by atoms with Crippen molar-refractivity contribution in [1.29, 1.82) is 0 Å². The molecule has 0 aromatic carbocycles. The Labute approximate surface area is 78.6 Å². The second-order valence-corrected chi connectivity index (χ2v) is 3.43. The summed E-state index contributed by atoms with van der Waals surface area (Å²) in [7, 11) is 0. The maximum atomic E-state index is 10.1. The topological polar surface area (TPSA) is 107 Å². The van der Waals surface area contributed by atoms with E-state index in [2.05, 4.69) is 4.18 Å². The van der Waals surface area contributed by atoms with Crippen molar-refractivity contribution in [3.63, 3.8) is 0 Å². The van der Waals surface area contributed by atoms with Gasteiger partial charge in [0.15, 0.2) is 0 Å². The molecule has 6 nitrogen and oxygen atoms in total. The number of hydrogen-bond donors (Lipinski definition) is 4. The molecular formula is C6H14O6S. The van der Waals surface area contributed by atoms with Crippen LogP contribution in [0.2, 0.25) is 0 Å². The molecule has 13 heavy (non-hydrogen) atoms. The third-order valence-electron chi connectivity index (χ3n) is 1.82. The molecule has 80 valence electrons. The molecule has 0 bridgehead atoms. The van der Waals surface area contributed by atoms with Crippen LogP contribution < -0.4 is 0 Å². The zero-order valence-electron chi connectivity index (χ0n) is 7.05. The monoisotopic (exact) mass is 214 g/mol. The highest BCUT2D eigenvalue weighted by molar-refractivity contribution is 7.74. The van der Waals surface area contributed by atoms with Crippen molar-refractivity contribution in [1.82, 2.24) is 0 Å². The van der Waals surface area contributed by atoms with E-state index in [1.54, 1.807) is 0 Å². The van der Waals surface area contributed by atoms with Crippen LogP contribution in [0.1, 0.15) is 6.42 Å². The lowest BCUT2D eigenvalue weighted by molar-refractivity contribution is -0.00856. The summed E-state index contributed by atoms with van der Waals surface area (Å²) in [5.74, 6) is 0. The number of rotatable bonds is 7. The van der Waals surface area contributed by atoms with Crippen molar-refractivity contribution in [2.75, 3.05) is 26.4 Å². The molecule has 0 radical (unpaired) electrons. The van der Waals surface area contributed by atoms with E-state index < -0.39 is 36.6 Å². The molecule has 7 heteroatoms. The van der Waals surface area contributed by atoms with E-state index in [-0.39, 0.29) is 13.0 Å². The minimum Gasteiger partial charge on any atom is -0.396 e. The minimum absolute atomic E-state index is 0.106. The van der Waals surface area contributed by atoms with Gasteiger partial charge in [-0.05, 0) is 6.42 Å². The van der Waals surface area contributed by atoms with Crippen LogP contribution in [0.25, 0.3) is 0 Å². The van der Waals surface area contributed by atoms with Gasteiger partial charge in [-0.2, -0.15) is 4.21 Å². The summed E-state index contributed by atoms with van der Waals surface area (Å²) < 4.78 is 22.6. The van der Waals surface area contributed by atoms with Gasteiger partial charge < -0.3 is 15.3 Å². The van der Waals surface area contributed by atoms with E-state index >= 15 is 0 Å². The Morgan fingerprint density at radius 3 is 1.92 bits per heavy atom. The molecule has 0 aliphatic heterocycles. The van der Waals surface area contributed by atoms with Crippen LogP contribution in [0.15, 0.2) is 0 Å². The maximum Gasteiger partial charge on any atom is 0.301 e. The number of hydrogen-bond acceptors (Lipinski definition) is 5. The van der Waals surface area contributed by atoms with Gasteiger partial charge in [-0.1, -0.05) is 0 Å². The maximum absolute atomic E-state index is 10.1. The fourth-order valence-corrected chi connectivity index (χ4v) is 0.943. The molecule has 0 aromatic heterocycles. The van der Waals surface area contributed by atoms with Crippen LogP contribution >= 0.6 is 0 Å². The SMILES string of the molecule is O=S(O)OCCC(CO)(CO)CO. The zero-order chi connectivity index (χ0) is 10.3. The average molecular weight is 214 g/mol. The molecule has 0 fully saturated rings. The Balaban J connectivity index is 3.88. The summed E-state index contributed by atoms with van der Waals surface area (Å²) in [6.07, 6.45) is 0.114. The Morgan fingerprint density at radius 2 is 1.62 bits per heavy atom. The second-order valence-electron chi connectivity index (χ2n) is 2.76. The third kappa shape index (κ3) is 4.65. The number of aliphatic hydroxyl groups is 3. The predicted molar refractivity (Wildman–Crippen MR) is 45.0 cm³/mol. The van der Waals surface area contributed by atoms with Gasteiger partial charge in [-0.3, -0.25) is 8.74 Å². The molecule has 0 amide bonds. The fourth-order valence-electron chi connectivity index (χ4n) is 0.717. The Kier molecular flexibility index (Phi) is 6.39. The average Bonchev–Trinajstić information content (AvgIpc) is 2.13. The van der Waals surface area contributed by atoms with Crippen molar-refractivity contribution in [2.24, 2.45) is 5.41 Å². The Morgan fingerprint density at radius 1 is 1.15 bits per heavy atom. The highest BCUT2D eigenvalue weighted by Gasteiger charge is 2.27. The van der Waals surface area contributed by atoms with Crippen molar-refractivity contribution in [2.45, 2.75) is 6.42 Å². The third-order valence-corrected chi connectivity index (χ3v) is 2.19. The van der Waals surface area contributed by atoms with E-state index in [0.29, 0.717) is 0 Å². The summed E-state index contributed by atoms with van der Waals surface area (Å²) >= 11 is -2.35. The quantitative estimate of drug-likeness (QED) is 0.384. The standard InChI is InChI=1S/C6H14O6S/c7-3-6(4-8,5-9)1-2-12-13(10)11/h7-9H,1-5H2,(H,10,11). The second kappa shape index (κ2) is 6.41. The summed E-state index contributed by atoms with van der Waals surface area (Å²) in [6.45, 7) is -1.31. The summed E-state index contributed by atoms with van der Waals surface area (Å²) in [4.78, 5) is 0.